The van der Waals surface area contributed by atoms with Gasteiger partial charge in [0.2, 0.25) is 0 Å². The third-order valence-corrected chi connectivity index (χ3v) is 3.37. The highest BCUT2D eigenvalue weighted by molar-refractivity contribution is 5.95. The van der Waals surface area contributed by atoms with Crippen LogP contribution >= 0.6 is 0 Å². The third kappa shape index (κ3) is 1.99. The second-order valence-corrected chi connectivity index (χ2v) is 4.70. The van der Waals surface area contributed by atoms with Gasteiger partial charge in [-0.05, 0) is 30.7 Å². The van der Waals surface area contributed by atoms with Crippen LogP contribution in [0, 0.1) is 5.82 Å². The molecule has 0 amide bonds. The van der Waals surface area contributed by atoms with Crippen molar-refractivity contribution in [2.45, 2.75) is 13.5 Å². The molecule has 3 rings (SSSR count). The first kappa shape index (κ1) is 12.5. The number of ketones is 1. The zero-order valence-electron chi connectivity index (χ0n) is 10.8. The minimum Gasteiger partial charge on any atom is -0.457 e. The molecule has 4 heteroatoms. The van der Waals surface area contributed by atoms with E-state index in [1.165, 1.54) is 13.0 Å². The number of benzene rings is 2. The Balaban J connectivity index is 2.06. The molecule has 20 heavy (non-hydrogen) atoms. The second kappa shape index (κ2) is 4.56. The number of rotatable bonds is 2. The van der Waals surface area contributed by atoms with Gasteiger partial charge in [0.15, 0.2) is 5.78 Å². The van der Waals surface area contributed by atoms with Crippen molar-refractivity contribution in [3.8, 4) is 11.1 Å². The maximum atomic E-state index is 14.1. The first-order chi connectivity index (χ1) is 9.56. The molecular weight excluding hydrogens is 259 g/mol. The lowest BCUT2D eigenvalue weighted by molar-refractivity contribution is 0.0535. The van der Waals surface area contributed by atoms with Crippen molar-refractivity contribution in [2.24, 2.45) is 0 Å². The van der Waals surface area contributed by atoms with Gasteiger partial charge in [-0.2, -0.15) is 0 Å². The highest BCUT2D eigenvalue weighted by atomic mass is 19.1. The Morgan fingerprint density at radius 3 is 2.60 bits per heavy atom. The van der Waals surface area contributed by atoms with E-state index in [1.54, 1.807) is 30.3 Å². The molecule has 0 spiro atoms. The van der Waals surface area contributed by atoms with Crippen LogP contribution in [0.2, 0.25) is 0 Å². The highest BCUT2D eigenvalue weighted by Crippen LogP contribution is 2.29. The van der Waals surface area contributed by atoms with E-state index < -0.39 is 5.82 Å². The van der Waals surface area contributed by atoms with Crippen molar-refractivity contribution in [1.82, 2.24) is 0 Å². The van der Waals surface area contributed by atoms with E-state index in [1.807, 2.05) is 0 Å². The fraction of sp³-hybridized carbons (Fsp3) is 0.125. The van der Waals surface area contributed by atoms with Crippen LogP contribution in [0.3, 0.4) is 0 Å². The standard InChI is InChI=1S/C16H11FO3/c1-9(18)10-2-4-13(15(17)7-10)11-3-5-14-12(6-11)8-20-16(14)19/h2-7H,8H2,1H3. The van der Waals surface area contributed by atoms with Gasteiger partial charge in [0.1, 0.15) is 12.4 Å². The lowest BCUT2D eigenvalue weighted by Crippen LogP contribution is -1.96. The molecule has 2 aromatic carbocycles. The summed E-state index contributed by atoms with van der Waals surface area (Å²) < 4.78 is 19.0. The molecular formula is C16H11FO3. The molecule has 0 aromatic heterocycles. The first-order valence-corrected chi connectivity index (χ1v) is 6.17. The van der Waals surface area contributed by atoms with Crippen molar-refractivity contribution in [3.05, 3.63) is 58.9 Å². The molecule has 1 aliphatic heterocycles. The van der Waals surface area contributed by atoms with Crippen LogP contribution in [0.15, 0.2) is 36.4 Å². The largest absolute Gasteiger partial charge is 0.457 e. The monoisotopic (exact) mass is 270 g/mol. The van der Waals surface area contributed by atoms with Gasteiger partial charge in [0.05, 0.1) is 5.56 Å². The molecule has 1 heterocycles. The summed E-state index contributed by atoms with van der Waals surface area (Å²) in [6, 6.07) is 9.45. The fourth-order valence-corrected chi connectivity index (χ4v) is 2.27. The maximum absolute atomic E-state index is 14.1. The Bertz CT molecular complexity index is 734. The van der Waals surface area contributed by atoms with E-state index in [2.05, 4.69) is 0 Å². The number of hydrogen-bond acceptors (Lipinski definition) is 3. The van der Waals surface area contributed by atoms with Crippen molar-refractivity contribution >= 4 is 11.8 Å². The normalized spacial score (nSPS) is 13.0. The SMILES string of the molecule is CC(=O)c1ccc(-c2ccc3c(c2)COC3=O)c(F)c1. The molecule has 0 fully saturated rings. The quantitative estimate of drug-likeness (QED) is 0.620. The Morgan fingerprint density at radius 2 is 1.90 bits per heavy atom. The number of esters is 1. The Labute approximate surface area is 115 Å². The molecule has 0 saturated carbocycles. The zero-order valence-corrected chi connectivity index (χ0v) is 10.8. The third-order valence-electron chi connectivity index (χ3n) is 3.37. The summed E-state index contributed by atoms with van der Waals surface area (Å²) in [4.78, 5) is 22.6. The molecule has 0 bridgehead atoms. The molecule has 0 saturated heterocycles. The molecule has 0 aliphatic carbocycles. The van der Waals surface area contributed by atoms with Crippen LogP contribution in [0.1, 0.15) is 33.2 Å². The number of ether oxygens (including phenoxy) is 1. The van der Waals surface area contributed by atoms with Gasteiger partial charge in [-0.1, -0.05) is 18.2 Å². The number of carbonyl (C=O) groups is 2. The first-order valence-electron chi connectivity index (χ1n) is 6.17. The van der Waals surface area contributed by atoms with Crippen LogP contribution in [0.5, 0.6) is 0 Å². The van der Waals surface area contributed by atoms with Gasteiger partial charge in [0, 0.05) is 16.7 Å². The van der Waals surface area contributed by atoms with E-state index in [9.17, 15) is 14.0 Å². The minimum atomic E-state index is -0.456. The zero-order chi connectivity index (χ0) is 14.3. The lowest BCUT2D eigenvalue weighted by atomic mass is 9.98. The van der Waals surface area contributed by atoms with Crippen LogP contribution in [-0.4, -0.2) is 11.8 Å². The summed E-state index contributed by atoms with van der Waals surface area (Å²) in [6.07, 6.45) is 0. The van der Waals surface area contributed by atoms with Gasteiger partial charge >= 0.3 is 5.97 Å². The lowest BCUT2D eigenvalue weighted by Gasteiger charge is -2.06. The molecule has 3 nitrogen and oxygen atoms in total. The van der Waals surface area contributed by atoms with Gasteiger partial charge in [-0.25, -0.2) is 9.18 Å². The number of halogens is 1. The van der Waals surface area contributed by atoms with Crippen molar-refractivity contribution in [3.63, 3.8) is 0 Å². The van der Waals surface area contributed by atoms with Gasteiger partial charge < -0.3 is 4.74 Å². The van der Waals surface area contributed by atoms with Crippen LogP contribution in [0.4, 0.5) is 4.39 Å². The molecule has 0 N–H and O–H groups in total. The molecule has 100 valence electrons. The van der Waals surface area contributed by atoms with E-state index in [0.717, 1.165) is 5.56 Å². The highest BCUT2D eigenvalue weighted by Gasteiger charge is 2.21. The van der Waals surface area contributed by atoms with Crippen molar-refractivity contribution in [2.75, 3.05) is 0 Å². The predicted octanol–water partition coefficient (Wildman–Crippen LogP) is 3.37. The molecule has 0 atom stereocenters. The smallest absolute Gasteiger partial charge is 0.338 e. The average Bonchev–Trinajstić information content (AvgIpc) is 2.79. The van der Waals surface area contributed by atoms with E-state index in [4.69, 9.17) is 4.74 Å². The molecule has 2 aromatic rings. The number of Topliss-reactive ketones (excluding diaryl/α,β-unsaturated/α-hetero) is 1. The van der Waals surface area contributed by atoms with Crippen molar-refractivity contribution in [1.29, 1.82) is 0 Å². The number of cyclic esters (lactones) is 1. The minimum absolute atomic E-state index is 0.177. The van der Waals surface area contributed by atoms with Crippen LogP contribution in [-0.2, 0) is 11.3 Å². The van der Waals surface area contributed by atoms with E-state index >= 15 is 0 Å². The maximum Gasteiger partial charge on any atom is 0.338 e. The fourth-order valence-electron chi connectivity index (χ4n) is 2.27. The summed E-state index contributed by atoms with van der Waals surface area (Å²) in [7, 11) is 0. The summed E-state index contributed by atoms with van der Waals surface area (Å²) in [5.74, 6) is -0.981. The Morgan fingerprint density at radius 1 is 1.15 bits per heavy atom. The van der Waals surface area contributed by atoms with E-state index in [0.29, 0.717) is 22.3 Å². The Kier molecular flexibility index (Phi) is 2.86. The summed E-state index contributed by atoms with van der Waals surface area (Å²) in [6.45, 7) is 1.61. The van der Waals surface area contributed by atoms with Crippen LogP contribution < -0.4 is 0 Å². The van der Waals surface area contributed by atoms with Gasteiger partial charge in [-0.15, -0.1) is 0 Å². The average molecular weight is 270 g/mol. The summed E-state index contributed by atoms with van der Waals surface area (Å²) in [5.41, 5.74) is 2.68. The number of fused-ring (bicyclic) bond motifs is 1. The van der Waals surface area contributed by atoms with Gasteiger partial charge in [-0.3, -0.25) is 4.79 Å². The Hall–Kier alpha value is -2.49. The molecule has 1 aliphatic rings. The second-order valence-electron chi connectivity index (χ2n) is 4.70. The van der Waals surface area contributed by atoms with Gasteiger partial charge in [0.25, 0.3) is 0 Å². The summed E-state index contributed by atoms with van der Waals surface area (Å²) >= 11 is 0. The molecule has 0 unspecified atom stereocenters. The number of hydrogen-bond donors (Lipinski definition) is 0. The van der Waals surface area contributed by atoms with Crippen LogP contribution in [0.25, 0.3) is 11.1 Å². The van der Waals surface area contributed by atoms with E-state index in [-0.39, 0.29) is 18.4 Å². The topological polar surface area (TPSA) is 43.4 Å². The molecule has 0 radical (unpaired) electrons. The predicted molar refractivity (Wildman–Crippen MR) is 71.0 cm³/mol. The van der Waals surface area contributed by atoms with Crippen molar-refractivity contribution < 1.29 is 18.7 Å². The summed E-state index contributed by atoms with van der Waals surface area (Å²) in [5, 5.41) is 0. The number of carbonyl (C=O) groups excluding carboxylic acids is 2.